The molecule has 1 aromatic carbocycles. The fourth-order valence-corrected chi connectivity index (χ4v) is 2.94. The molecule has 1 saturated heterocycles. The van der Waals surface area contributed by atoms with Crippen molar-refractivity contribution < 1.29 is 4.79 Å². The van der Waals surface area contributed by atoms with Gasteiger partial charge in [-0.25, -0.2) is 0 Å². The molecule has 4 nitrogen and oxygen atoms in total. The number of likely N-dealkylation sites (N-methyl/N-ethyl adjacent to an activating group) is 1. The summed E-state index contributed by atoms with van der Waals surface area (Å²) in [6.45, 7) is 6.55. The van der Waals surface area contributed by atoms with E-state index in [0.29, 0.717) is 5.56 Å². The molecule has 0 spiro atoms. The molecule has 1 N–H and O–H groups in total. The molecule has 1 fully saturated rings. The monoisotopic (exact) mass is 353 g/mol. The molecule has 21 heavy (non-hydrogen) atoms. The van der Waals surface area contributed by atoms with Gasteiger partial charge in [0.2, 0.25) is 0 Å². The number of amides is 1. The molecule has 0 aliphatic carbocycles. The van der Waals surface area contributed by atoms with Crippen LogP contribution in [-0.2, 0) is 0 Å². The summed E-state index contributed by atoms with van der Waals surface area (Å²) >= 11 is 3.40. The number of unbranched alkanes of at least 4 members (excludes halogenated alkanes) is 1. The van der Waals surface area contributed by atoms with E-state index in [9.17, 15) is 4.79 Å². The molecule has 0 aromatic heterocycles. The molecule has 0 radical (unpaired) electrons. The van der Waals surface area contributed by atoms with Crippen molar-refractivity contribution in [2.75, 3.05) is 46.3 Å². The van der Waals surface area contributed by atoms with Crippen LogP contribution in [0.5, 0.6) is 0 Å². The summed E-state index contributed by atoms with van der Waals surface area (Å²) in [5, 5.41) is 2.99. The Morgan fingerprint density at radius 3 is 2.62 bits per heavy atom. The molecule has 1 aliphatic heterocycles. The van der Waals surface area contributed by atoms with Gasteiger partial charge in [-0.15, -0.1) is 0 Å². The molecule has 1 amide bonds. The van der Waals surface area contributed by atoms with Crippen molar-refractivity contribution in [3.8, 4) is 0 Å². The van der Waals surface area contributed by atoms with Crippen molar-refractivity contribution in [3.63, 3.8) is 0 Å². The first-order valence-electron chi connectivity index (χ1n) is 7.60. The van der Waals surface area contributed by atoms with Crippen LogP contribution in [0.15, 0.2) is 28.7 Å². The van der Waals surface area contributed by atoms with Crippen molar-refractivity contribution in [2.24, 2.45) is 0 Å². The molecule has 5 heteroatoms. The molecular weight excluding hydrogens is 330 g/mol. The second-order valence-electron chi connectivity index (χ2n) is 5.59. The van der Waals surface area contributed by atoms with Gasteiger partial charge in [0.1, 0.15) is 0 Å². The number of nitrogens with one attached hydrogen (secondary N) is 1. The van der Waals surface area contributed by atoms with Gasteiger partial charge in [0.05, 0.1) is 5.56 Å². The second-order valence-corrected chi connectivity index (χ2v) is 6.44. The van der Waals surface area contributed by atoms with Crippen LogP contribution >= 0.6 is 15.9 Å². The maximum absolute atomic E-state index is 12.0. The minimum atomic E-state index is 0.00192. The molecule has 0 saturated carbocycles. The summed E-state index contributed by atoms with van der Waals surface area (Å²) < 4.78 is 0.847. The van der Waals surface area contributed by atoms with E-state index in [1.54, 1.807) is 0 Å². The summed E-state index contributed by atoms with van der Waals surface area (Å²) in [7, 11) is 2.18. The smallest absolute Gasteiger partial charge is 0.252 e. The minimum Gasteiger partial charge on any atom is -0.352 e. The number of piperazine rings is 1. The van der Waals surface area contributed by atoms with Crippen molar-refractivity contribution in [1.82, 2.24) is 15.1 Å². The predicted molar refractivity (Wildman–Crippen MR) is 89.6 cm³/mol. The first-order chi connectivity index (χ1) is 10.2. The van der Waals surface area contributed by atoms with Crippen LogP contribution in [0.4, 0.5) is 0 Å². The van der Waals surface area contributed by atoms with Crippen LogP contribution in [0.25, 0.3) is 0 Å². The summed E-state index contributed by atoms with van der Waals surface area (Å²) in [6.07, 6.45) is 2.17. The highest BCUT2D eigenvalue weighted by atomic mass is 79.9. The average Bonchev–Trinajstić information content (AvgIpc) is 2.49. The van der Waals surface area contributed by atoms with Gasteiger partial charge in [-0.2, -0.15) is 0 Å². The highest BCUT2D eigenvalue weighted by molar-refractivity contribution is 9.10. The fraction of sp³-hybridized carbons (Fsp3) is 0.562. The number of nitrogens with zero attached hydrogens (tertiary/aromatic N) is 2. The van der Waals surface area contributed by atoms with Gasteiger partial charge in [-0.3, -0.25) is 4.79 Å². The predicted octanol–water partition coefficient (Wildman–Crippen LogP) is 2.21. The molecule has 0 atom stereocenters. The highest BCUT2D eigenvalue weighted by Crippen LogP contribution is 2.15. The van der Waals surface area contributed by atoms with E-state index in [-0.39, 0.29) is 5.91 Å². The molecule has 1 aromatic rings. The van der Waals surface area contributed by atoms with Crippen LogP contribution < -0.4 is 5.32 Å². The Bertz CT molecular complexity index is 459. The molecule has 2 rings (SSSR count). The Hall–Kier alpha value is -0.910. The SMILES string of the molecule is CN1CCN(CCCCNC(=O)c2ccccc2Br)CC1. The zero-order chi connectivity index (χ0) is 15.1. The Kier molecular flexibility index (Phi) is 6.67. The molecule has 1 heterocycles. The van der Waals surface area contributed by atoms with E-state index in [0.717, 1.165) is 30.4 Å². The number of carbonyl (C=O) groups is 1. The van der Waals surface area contributed by atoms with E-state index >= 15 is 0 Å². The summed E-state index contributed by atoms with van der Waals surface area (Å²) in [5.41, 5.74) is 0.705. The molecule has 0 bridgehead atoms. The van der Waals surface area contributed by atoms with Crippen molar-refractivity contribution in [2.45, 2.75) is 12.8 Å². The maximum Gasteiger partial charge on any atom is 0.252 e. The lowest BCUT2D eigenvalue weighted by Gasteiger charge is -2.32. The lowest BCUT2D eigenvalue weighted by atomic mass is 10.2. The van der Waals surface area contributed by atoms with Gasteiger partial charge < -0.3 is 15.1 Å². The van der Waals surface area contributed by atoms with Gasteiger partial charge >= 0.3 is 0 Å². The van der Waals surface area contributed by atoms with Crippen LogP contribution in [0.1, 0.15) is 23.2 Å². The third kappa shape index (κ3) is 5.41. The molecular formula is C16H24BrN3O. The lowest BCUT2D eigenvalue weighted by molar-refractivity contribution is 0.0951. The van der Waals surface area contributed by atoms with Gasteiger partial charge in [-0.05, 0) is 54.5 Å². The van der Waals surface area contributed by atoms with E-state index in [1.165, 1.54) is 26.2 Å². The van der Waals surface area contributed by atoms with Crippen LogP contribution in [0, 0.1) is 0 Å². The number of hydrogen-bond acceptors (Lipinski definition) is 3. The Labute approximate surface area is 135 Å². The van der Waals surface area contributed by atoms with Gasteiger partial charge in [-0.1, -0.05) is 12.1 Å². The van der Waals surface area contributed by atoms with Crippen LogP contribution in [0.2, 0.25) is 0 Å². The first kappa shape index (κ1) is 16.5. The van der Waals surface area contributed by atoms with E-state index in [2.05, 4.69) is 38.1 Å². The number of hydrogen-bond donors (Lipinski definition) is 1. The zero-order valence-corrected chi connectivity index (χ0v) is 14.2. The maximum atomic E-state index is 12.0. The third-order valence-electron chi connectivity index (χ3n) is 3.90. The van der Waals surface area contributed by atoms with E-state index in [4.69, 9.17) is 0 Å². The van der Waals surface area contributed by atoms with Crippen molar-refractivity contribution in [3.05, 3.63) is 34.3 Å². The van der Waals surface area contributed by atoms with Crippen molar-refractivity contribution in [1.29, 1.82) is 0 Å². The summed E-state index contributed by atoms with van der Waals surface area (Å²) in [5.74, 6) is 0.00192. The van der Waals surface area contributed by atoms with E-state index < -0.39 is 0 Å². The van der Waals surface area contributed by atoms with Gasteiger partial charge in [0, 0.05) is 37.2 Å². The topological polar surface area (TPSA) is 35.6 Å². The van der Waals surface area contributed by atoms with Gasteiger partial charge in [0.15, 0.2) is 0 Å². The first-order valence-corrected chi connectivity index (χ1v) is 8.40. The Balaban J connectivity index is 1.60. The number of halogens is 1. The number of carbonyl (C=O) groups excluding carboxylic acids is 1. The van der Waals surface area contributed by atoms with Crippen molar-refractivity contribution >= 4 is 21.8 Å². The standard InChI is InChI=1S/C16H24BrN3O/c1-19-10-12-20(13-11-19)9-5-4-8-18-16(21)14-6-2-3-7-15(14)17/h2-3,6-7H,4-5,8-13H2,1H3,(H,18,21). The average molecular weight is 354 g/mol. The quantitative estimate of drug-likeness (QED) is 0.796. The lowest BCUT2D eigenvalue weighted by Crippen LogP contribution is -2.44. The number of rotatable bonds is 6. The normalized spacial score (nSPS) is 16.9. The van der Waals surface area contributed by atoms with Gasteiger partial charge in [0.25, 0.3) is 5.91 Å². The van der Waals surface area contributed by atoms with Crippen LogP contribution in [-0.4, -0.2) is 62.0 Å². The Morgan fingerprint density at radius 1 is 1.19 bits per heavy atom. The largest absolute Gasteiger partial charge is 0.352 e. The summed E-state index contributed by atoms with van der Waals surface area (Å²) in [6, 6.07) is 7.52. The number of benzene rings is 1. The third-order valence-corrected chi connectivity index (χ3v) is 4.59. The Morgan fingerprint density at radius 2 is 1.90 bits per heavy atom. The molecule has 0 unspecified atom stereocenters. The second kappa shape index (κ2) is 8.51. The highest BCUT2D eigenvalue weighted by Gasteiger charge is 2.13. The molecule has 1 aliphatic rings. The fourth-order valence-electron chi connectivity index (χ4n) is 2.47. The summed E-state index contributed by atoms with van der Waals surface area (Å²) in [4.78, 5) is 16.9. The van der Waals surface area contributed by atoms with Crippen LogP contribution in [0.3, 0.4) is 0 Å². The molecule has 116 valence electrons. The minimum absolute atomic E-state index is 0.00192. The zero-order valence-electron chi connectivity index (χ0n) is 12.6. The van der Waals surface area contributed by atoms with E-state index in [1.807, 2.05) is 24.3 Å².